The Kier molecular flexibility index (Phi) is 6.89. The molecule has 2 aromatic rings. The normalized spacial score (nSPS) is 10.4. The van der Waals surface area contributed by atoms with Gasteiger partial charge in [0.2, 0.25) is 5.91 Å². The average molecular weight is 367 g/mol. The molecule has 0 saturated carbocycles. The van der Waals surface area contributed by atoms with E-state index in [4.69, 9.17) is 11.6 Å². The van der Waals surface area contributed by atoms with Crippen LogP contribution >= 0.6 is 11.6 Å². The molecule has 132 valence electrons. The lowest BCUT2D eigenvalue weighted by atomic mass is 10.2. The van der Waals surface area contributed by atoms with Crippen LogP contribution in [0.2, 0.25) is 5.02 Å². The molecule has 0 aliphatic rings. The van der Waals surface area contributed by atoms with Crippen molar-refractivity contribution in [2.24, 2.45) is 0 Å². The topological polar surface area (TPSA) is 58.2 Å². The van der Waals surface area contributed by atoms with Gasteiger partial charge in [-0.25, -0.2) is 8.78 Å². The number of carbonyl (C=O) groups excluding carboxylic acids is 2. The van der Waals surface area contributed by atoms with E-state index in [0.717, 1.165) is 17.7 Å². The molecule has 25 heavy (non-hydrogen) atoms. The lowest BCUT2D eigenvalue weighted by molar-refractivity contribution is -0.121. The van der Waals surface area contributed by atoms with Crippen LogP contribution in [0.1, 0.15) is 28.8 Å². The zero-order valence-electron chi connectivity index (χ0n) is 13.3. The number of halogens is 3. The van der Waals surface area contributed by atoms with Crippen LogP contribution in [0.4, 0.5) is 8.78 Å². The van der Waals surface area contributed by atoms with Crippen LogP contribution in [0.15, 0.2) is 42.5 Å². The number of carbonyl (C=O) groups is 2. The zero-order valence-corrected chi connectivity index (χ0v) is 14.1. The molecule has 0 bridgehead atoms. The summed E-state index contributed by atoms with van der Waals surface area (Å²) in [6.07, 6.45) is 0.626. The second-order valence-corrected chi connectivity index (χ2v) is 5.82. The van der Waals surface area contributed by atoms with Gasteiger partial charge in [0.1, 0.15) is 11.6 Å². The summed E-state index contributed by atoms with van der Waals surface area (Å²) in [5.74, 6) is -2.46. The number of rotatable bonds is 7. The Morgan fingerprint density at radius 1 is 1.00 bits per heavy atom. The maximum Gasteiger partial charge on any atom is 0.254 e. The van der Waals surface area contributed by atoms with Gasteiger partial charge >= 0.3 is 0 Å². The van der Waals surface area contributed by atoms with Crippen LogP contribution in [0.5, 0.6) is 0 Å². The number of hydrogen-bond donors (Lipinski definition) is 2. The van der Waals surface area contributed by atoms with E-state index < -0.39 is 17.5 Å². The van der Waals surface area contributed by atoms with E-state index in [0.29, 0.717) is 24.1 Å². The monoisotopic (exact) mass is 366 g/mol. The molecular weight excluding hydrogens is 350 g/mol. The van der Waals surface area contributed by atoms with Gasteiger partial charge in [-0.15, -0.1) is 0 Å². The zero-order chi connectivity index (χ0) is 18.2. The molecule has 2 rings (SSSR count). The van der Waals surface area contributed by atoms with Crippen molar-refractivity contribution < 1.29 is 18.4 Å². The Balaban J connectivity index is 1.67. The van der Waals surface area contributed by atoms with Gasteiger partial charge in [0, 0.05) is 30.6 Å². The molecule has 0 aliphatic carbocycles. The highest BCUT2D eigenvalue weighted by molar-refractivity contribution is 6.30. The van der Waals surface area contributed by atoms with Crippen molar-refractivity contribution in [1.82, 2.24) is 10.6 Å². The molecule has 0 saturated heterocycles. The quantitative estimate of drug-likeness (QED) is 0.737. The van der Waals surface area contributed by atoms with Crippen molar-refractivity contribution in [3.05, 3.63) is 70.2 Å². The fourth-order valence-corrected chi connectivity index (χ4v) is 2.24. The number of benzene rings is 2. The molecule has 0 radical (unpaired) electrons. The molecule has 0 aromatic heterocycles. The summed E-state index contributed by atoms with van der Waals surface area (Å²) in [4.78, 5) is 23.5. The molecule has 0 atom stereocenters. The number of hydrogen-bond acceptors (Lipinski definition) is 2. The molecule has 2 N–H and O–H groups in total. The lowest BCUT2D eigenvalue weighted by Crippen LogP contribution is -2.28. The van der Waals surface area contributed by atoms with E-state index in [1.54, 1.807) is 12.1 Å². The van der Waals surface area contributed by atoms with E-state index in [2.05, 4.69) is 10.6 Å². The SMILES string of the molecule is O=C(CCCNC(=O)c1ccc(F)cc1F)NCc1ccc(Cl)cc1. The van der Waals surface area contributed by atoms with Crippen molar-refractivity contribution in [2.45, 2.75) is 19.4 Å². The van der Waals surface area contributed by atoms with Gasteiger partial charge in [0.25, 0.3) is 5.91 Å². The van der Waals surface area contributed by atoms with E-state index >= 15 is 0 Å². The van der Waals surface area contributed by atoms with Gasteiger partial charge in [0.05, 0.1) is 5.56 Å². The second-order valence-electron chi connectivity index (χ2n) is 5.39. The van der Waals surface area contributed by atoms with Crippen molar-refractivity contribution >= 4 is 23.4 Å². The molecule has 0 unspecified atom stereocenters. The third-order valence-electron chi connectivity index (χ3n) is 3.44. The van der Waals surface area contributed by atoms with E-state index in [-0.39, 0.29) is 24.4 Å². The highest BCUT2D eigenvalue weighted by atomic mass is 35.5. The predicted octanol–water partition coefficient (Wildman–Crippen LogP) is 3.44. The van der Waals surface area contributed by atoms with Gasteiger partial charge in [0.15, 0.2) is 0 Å². The van der Waals surface area contributed by atoms with Crippen molar-refractivity contribution in [1.29, 1.82) is 0 Å². The third-order valence-corrected chi connectivity index (χ3v) is 3.70. The van der Waals surface area contributed by atoms with Gasteiger partial charge in [-0.3, -0.25) is 9.59 Å². The minimum absolute atomic E-state index is 0.155. The molecule has 4 nitrogen and oxygen atoms in total. The molecule has 7 heteroatoms. The van der Waals surface area contributed by atoms with Crippen LogP contribution in [0.3, 0.4) is 0 Å². The first-order valence-corrected chi connectivity index (χ1v) is 8.08. The van der Waals surface area contributed by atoms with Crippen LogP contribution in [-0.4, -0.2) is 18.4 Å². The fraction of sp³-hybridized carbons (Fsp3) is 0.222. The maximum atomic E-state index is 13.5. The summed E-state index contributed by atoms with van der Waals surface area (Å²) < 4.78 is 26.3. The van der Waals surface area contributed by atoms with Gasteiger partial charge < -0.3 is 10.6 Å². The lowest BCUT2D eigenvalue weighted by Gasteiger charge is -2.07. The van der Waals surface area contributed by atoms with Crippen molar-refractivity contribution in [3.8, 4) is 0 Å². The molecule has 2 aromatic carbocycles. The Morgan fingerprint density at radius 3 is 2.40 bits per heavy atom. The Hall–Kier alpha value is -2.47. The van der Waals surface area contributed by atoms with Crippen LogP contribution in [0, 0.1) is 11.6 Å². The minimum Gasteiger partial charge on any atom is -0.352 e. The molecule has 0 aliphatic heterocycles. The fourth-order valence-electron chi connectivity index (χ4n) is 2.11. The average Bonchev–Trinajstić information content (AvgIpc) is 2.58. The van der Waals surface area contributed by atoms with E-state index in [9.17, 15) is 18.4 Å². The molecule has 2 amide bonds. The van der Waals surface area contributed by atoms with E-state index in [1.807, 2.05) is 12.1 Å². The standard InChI is InChI=1S/C18H17ClF2N2O2/c19-13-5-3-12(4-6-13)11-23-17(24)2-1-9-22-18(25)15-8-7-14(20)10-16(15)21/h3-8,10H,1-2,9,11H2,(H,22,25)(H,23,24). The summed E-state index contributed by atoms with van der Waals surface area (Å²) in [7, 11) is 0. The summed E-state index contributed by atoms with van der Waals surface area (Å²) in [6.45, 7) is 0.604. The summed E-state index contributed by atoms with van der Waals surface area (Å²) in [5, 5.41) is 5.88. The first-order valence-electron chi connectivity index (χ1n) is 7.70. The number of amides is 2. The van der Waals surface area contributed by atoms with Gasteiger partial charge in [-0.05, 0) is 36.2 Å². The maximum absolute atomic E-state index is 13.5. The van der Waals surface area contributed by atoms with Gasteiger partial charge in [-0.1, -0.05) is 23.7 Å². The minimum atomic E-state index is -0.918. The van der Waals surface area contributed by atoms with Gasteiger partial charge in [-0.2, -0.15) is 0 Å². The second kappa shape index (κ2) is 9.13. The van der Waals surface area contributed by atoms with Crippen LogP contribution < -0.4 is 10.6 Å². The van der Waals surface area contributed by atoms with Crippen molar-refractivity contribution in [3.63, 3.8) is 0 Å². The molecule has 0 heterocycles. The highest BCUT2D eigenvalue weighted by Crippen LogP contribution is 2.10. The van der Waals surface area contributed by atoms with Crippen molar-refractivity contribution in [2.75, 3.05) is 6.54 Å². The third kappa shape index (κ3) is 6.15. The predicted molar refractivity (Wildman–Crippen MR) is 91.2 cm³/mol. The summed E-state index contributed by atoms with van der Waals surface area (Å²) >= 11 is 5.78. The van der Waals surface area contributed by atoms with Crippen LogP contribution in [0.25, 0.3) is 0 Å². The first-order chi connectivity index (χ1) is 12.0. The number of nitrogens with one attached hydrogen (secondary N) is 2. The largest absolute Gasteiger partial charge is 0.352 e. The Morgan fingerprint density at radius 2 is 1.72 bits per heavy atom. The smallest absolute Gasteiger partial charge is 0.254 e. The molecular formula is C18H17ClF2N2O2. The Labute approximate surface area is 149 Å². The first kappa shape index (κ1) is 18.9. The van der Waals surface area contributed by atoms with E-state index in [1.165, 1.54) is 0 Å². The molecule has 0 fully saturated rings. The summed E-state index contributed by atoms with van der Waals surface area (Å²) in [5.41, 5.74) is 0.700. The van der Waals surface area contributed by atoms with Crippen LogP contribution in [-0.2, 0) is 11.3 Å². The summed E-state index contributed by atoms with van der Waals surface area (Å²) in [6, 6.07) is 9.88. The highest BCUT2D eigenvalue weighted by Gasteiger charge is 2.12. The Bertz CT molecular complexity index is 751. The molecule has 0 spiro atoms.